The predicted molar refractivity (Wildman–Crippen MR) is 158 cm³/mol. The van der Waals surface area contributed by atoms with Gasteiger partial charge >= 0.3 is 0 Å². The predicted octanol–water partition coefficient (Wildman–Crippen LogP) is 6.47. The molecule has 2 amide bonds. The van der Waals surface area contributed by atoms with Crippen molar-refractivity contribution in [2.24, 2.45) is 0 Å². The van der Waals surface area contributed by atoms with E-state index in [1.165, 1.54) is 28.7 Å². The first kappa shape index (κ1) is 26.7. The van der Waals surface area contributed by atoms with E-state index in [4.69, 9.17) is 0 Å². The second-order valence-corrected chi connectivity index (χ2v) is 11.6. The molecule has 5 rings (SSSR count). The lowest BCUT2D eigenvalue weighted by Gasteiger charge is -2.26. The normalized spacial score (nSPS) is 12.8. The van der Waals surface area contributed by atoms with E-state index in [0.29, 0.717) is 21.8 Å². The molecule has 0 aliphatic carbocycles. The zero-order valence-corrected chi connectivity index (χ0v) is 23.2. The molecule has 39 heavy (non-hydrogen) atoms. The van der Waals surface area contributed by atoms with Gasteiger partial charge < -0.3 is 10.6 Å². The summed E-state index contributed by atoms with van der Waals surface area (Å²) in [6.45, 7) is 4.50. The number of fused-ring (bicyclic) bond motifs is 1. The van der Waals surface area contributed by atoms with Crippen LogP contribution < -0.4 is 10.6 Å². The van der Waals surface area contributed by atoms with Gasteiger partial charge in [0, 0.05) is 40.7 Å². The Bertz CT molecular complexity index is 1520. The molecule has 6 nitrogen and oxygen atoms in total. The fourth-order valence-corrected chi connectivity index (χ4v) is 6.53. The smallest absolute Gasteiger partial charge is 0.255 e. The zero-order valence-electron chi connectivity index (χ0n) is 21.6. The van der Waals surface area contributed by atoms with Crippen LogP contribution in [0.4, 0.5) is 10.7 Å². The molecule has 1 aliphatic rings. The molecule has 0 unspecified atom stereocenters. The molecule has 8 heteroatoms. The molecule has 4 aromatic rings. The van der Waals surface area contributed by atoms with E-state index < -0.39 is 0 Å². The van der Waals surface area contributed by atoms with Gasteiger partial charge in [-0.1, -0.05) is 54.1 Å². The van der Waals surface area contributed by atoms with Crippen LogP contribution in [0.1, 0.15) is 37.5 Å². The first-order valence-electron chi connectivity index (χ1n) is 12.7. The fourth-order valence-electron chi connectivity index (χ4n) is 4.52. The molecule has 2 heterocycles. The number of carbonyl (C=O) groups is 2. The highest BCUT2D eigenvalue weighted by Crippen LogP contribution is 2.37. The van der Waals surface area contributed by atoms with E-state index in [9.17, 15) is 14.9 Å². The minimum Gasteiger partial charge on any atom is -0.322 e. The summed E-state index contributed by atoms with van der Waals surface area (Å²) in [4.78, 5) is 29.8. The number of anilines is 2. The van der Waals surface area contributed by atoms with E-state index in [1.54, 1.807) is 12.1 Å². The van der Waals surface area contributed by atoms with Crippen LogP contribution >= 0.6 is 23.1 Å². The van der Waals surface area contributed by atoms with Crippen LogP contribution in [0.5, 0.6) is 0 Å². The maximum Gasteiger partial charge on any atom is 0.255 e. The molecule has 0 saturated heterocycles. The van der Waals surface area contributed by atoms with Gasteiger partial charge in [-0.15, -0.1) is 23.1 Å². The zero-order chi connectivity index (χ0) is 27.2. The van der Waals surface area contributed by atoms with E-state index in [0.717, 1.165) is 47.0 Å². The maximum atomic E-state index is 12.8. The second-order valence-electron chi connectivity index (χ2n) is 9.45. The number of benzene rings is 3. The van der Waals surface area contributed by atoms with Crippen molar-refractivity contribution in [1.82, 2.24) is 4.90 Å². The average molecular weight is 553 g/mol. The van der Waals surface area contributed by atoms with Gasteiger partial charge in [-0.05, 0) is 54.8 Å². The topological polar surface area (TPSA) is 85.2 Å². The van der Waals surface area contributed by atoms with Crippen molar-refractivity contribution < 1.29 is 9.59 Å². The minimum absolute atomic E-state index is 0.162. The Hall–Kier alpha value is -3.90. The van der Waals surface area contributed by atoms with Crippen LogP contribution in [0, 0.1) is 18.3 Å². The summed E-state index contributed by atoms with van der Waals surface area (Å²) >= 11 is 2.89. The number of nitriles is 1. The van der Waals surface area contributed by atoms with E-state index in [-0.39, 0.29) is 17.6 Å². The number of aryl methyl sites for hydroxylation is 1. The summed E-state index contributed by atoms with van der Waals surface area (Å²) in [6.07, 6.45) is 0.799. The van der Waals surface area contributed by atoms with Crippen LogP contribution in [0.25, 0.3) is 0 Å². The highest BCUT2D eigenvalue weighted by Gasteiger charge is 2.25. The summed E-state index contributed by atoms with van der Waals surface area (Å²) in [5, 5.41) is 16.4. The molecule has 0 saturated carbocycles. The Kier molecular flexibility index (Phi) is 8.42. The largest absolute Gasteiger partial charge is 0.322 e. The molecule has 0 radical (unpaired) electrons. The van der Waals surface area contributed by atoms with Crippen LogP contribution in [0.15, 0.2) is 83.8 Å². The number of carbonyl (C=O) groups excluding carboxylic acids is 2. The summed E-state index contributed by atoms with van der Waals surface area (Å²) in [6, 6.07) is 27.5. The lowest BCUT2D eigenvalue weighted by atomic mass is 10.0. The Balaban J connectivity index is 1.18. The van der Waals surface area contributed by atoms with Gasteiger partial charge in [0.1, 0.15) is 11.1 Å². The van der Waals surface area contributed by atoms with Gasteiger partial charge in [0.15, 0.2) is 0 Å². The van der Waals surface area contributed by atoms with Crippen molar-refractivity contribution >= 4 is 45.6 Å². The number of thiophene rings is 1. The molecule has 1 aliphatic heterocycles. The summed E-state index contributed by atoms with van der Waals surface area (Å²) in [5.74, 6) is -0.142. The van der Waals surface area contributed by atoms with Crippen molar-refractivity contribution in [3.05, 3.63) is 112 Å². The summed E-state index contributed by atoms with van der Waals surface area (Å²) in [7, 11) is 0. The lowest BCUT2D eigenvalue weighted by Crippen LogP contribution is -2.29. The molecule has 0 bridgehead atoms. The van der Waals surface area contributed by atoms with Gasteiger partial charge in [-0.2, -0.15) is 5.26 Å². The Morgan fingerprint density at radius 3 is 2.59 bits per heavy atom. The molecule has 0 atom stereocenters. The third kappa shape index (κ3) is 6.76. The highest BCUT2D eigenvalue weighted by molar-refractivity contribution is 8.00. The van der Waals surface area contributed by atoms with Gasteiger partial charge in [-0.3, -0.25) is 14.5 Å². The summed E-state index contributed by atoms with van der Waals surface area (Å²) in [5.41, 5.74) is 5.28. The van der Waals surface area contributed by atoms with Crippen molar-refractivity contribution in [2.75, 3.05) is 22.9 Å². The number of amides is 2. The monoisotopic (exact) mass is 552 g/mol. The first-order chi connectivity index (χ1) is 19.0. The van der Waals surface area contributed by atoms with Crippen molar-refractivity contribution in [3.8, 4) is 6.07 Å². The lowest BCUT2D eigenvalue weighted by molar-refractivity contribution is -0.113. The average Bonchev–Trinajstić information content (AvgIpc) is 3.29. The maximum absolute atomic E-state index is 12.8. The van der Waals surface area contributed by atoms with Crippen LogP contribution in [-0.2, 0) is 24.3 Å². The molecule has 0 spiro atoms. The number of nitrogens with zero attached hydrogens (tertiary/aromatic N) is 2. The Labute approximate surface area is 236 Å². The van der Waals surface area contributed by atoms with Gasteiger partial charge in [0.05, 0.1) is 11.3 Å². The number of hydrogen-bond acceptors (Lipinski definition) is 6. The van der Waals surface area contributed by atoms with Crippen molar-refractivity contribution in [1.29, 1.82) is 5.26 Å². The standard InChI is InChI=1S/C31H28N4O2S2/c1-21-10-12-23(13-11-21)30(37)33-24-8-5-9-25(16-24)38-20-29(36)34-31-27(17-32)26-14-15-35(19-28(26)39-31)18-22-6-3-2-4-7-22/h2-13,16H,14-15,18-20H2,1H3,(H,33,37)(H,34,36). The third-order valence-electron chi connectivity index (χ3n) is 6.53. The number of nitrogens with one attached hydrogen (secondary N) is 2. The number of rotatable bonds is 8. The molecule has 196 valence electrons. The van der Waals surface area contributed by atoms with Gasteiger partial charge in [0.25, 0.3) is 5.91 Å². The SMILES string of the molecule is Cc1ccc(C(=O)Nc2cccc(SCC(=O)Nc3sc4c(c3C#N)CCN(Cc3ccccc3)C4)c2)cc1. The number of thioether (sulfide) groups is 1. The highest BCUT2D eigenvalue weighted by atomic mass is 32.2. The second kappa shape index (κ2) is 12.3. The van der Waals surface area contributed by atoms with Gasteiger partial charge in [0.2, 0.25) is 5.91 Å². The van der Waals surface area contributed by atoms with Crippen molar-refractivity contribution in [2.45, 2.75) is 31.3 Å². The van der Waals surface area contributed by atoms with Crippen molar-refractivity contribution in [3.63, 3.8) is 0 Å². The van der Waals surface area contributed by atoms with E-state index >= 15 is 0 Å². The van der Waals surface area contributed by atoms with E-state index in [2.05, 4.69) is 33.7 Å². The molecule has 3 aromatic carbocycles. The van der Waals surface area contributed by atoms with E-state index in [1.807, 2.05) is 61.5 Å². The quantitative estimate of drug-likeness (QED) is 0.245. The third-order valence-corrected chi connectivity index (χ3v) is 8.65. The summed E-state index contributed by atoms with van der Waals surface area (Å²) < 4.78 is 0. The Morgan fingerprint density at radius 1 is 1.03 bits per heavy atom. The fraction of sp³-hybridized carbons (Fsp3) is 0.194. The molecular weight excluding hydrogens is 525 g/mol. The minimum atomic E-state index is -0.178. The molecule has 2 N–H and O–H groups in total. The molecule has 0 fully saturated rings. The van der Waals surface area contributed by atoms with Crippen LogP contribution in [0.2, 0.25) is 0 Å². The molecule has 1 aromatic heterocycles. The van der Waals surface area contributed by atoms with Crippen LogP contribution in [0.3, 0.4) is 0 Å². The van der Waals surface area contributed by atoms with Crippen LogP contribution in [-0.4, -0.2) is 29.0 Å². The Morgan fingerprint density at radius 2 is 1.82 bits per heavy atom. The van der Waals surface area contributed by atoms with Gasteiger partial charge in [-0.25, -0.2) is 0 Å². The number of hydrogen-bond donors (Lipinski definition) is 2. The first-order valence-corrected chi connectivity index (χ1v) is 14.5. The molecular formula is C31H28N4O2S2.